The molecule has 172 valence electrons. The predicted octanol–water partition coefficient (Wildman–Crippen LogP) is 1.81. The van der Waals surface area contributed by atoms with Crippen molar-refractivity contribution >= 4 is 12.0 Å². The summed E-state index contributed by atoms with van der Waals surface area (Å²) in [7, 11) is 0. The van der Waals surface area contributed by atoms with Gasteiger partial charge < -0.3 is 15.0 Å². The molecule has 31 heavy (non-hydrogen) atoms. The highest BCUT2D eigenvalue weighted by Crippen LogP contribution is 2.64. The van der Waals surface area contributed by atoms with E-state index >= 15 is 0 Å². The van der Waals surface area contributed by atoms with Gasteiger partial charge in [-0.1, -0.05) is 6.92 Å². The lowest BCUT2D eigenvalue weighted by atomic mass is 9.90. The van der Waals surface area contributed by atoms with Crippen LogP contribution in [0.1, 0.15) is 77.7 Å². The molecule has 2 heterocycles. The van der Waals surface area contributed by atoms with Crippen molar-refractivity contribution in [1.82, 2.24) is 35.7 Å². The Bertz CT molecular complexity index is 816. The van der Waals surface area contributed by atoms with Crippen molar-refractivity contribution in [1.29, 1.82) is 0 Å². The van der Waals surface area contributed by atoms with E-state index < -0.39 is 5.60 Å². The number of nitrogens with zero attached hydrogens (tertiary/aromatic N) is 5. The molecular formula is C21H35N7O3. The largest absolute Gasteiger partial charge is 0.444 e. The van der Waals surface area contributed by atoms with E-state index in [4.69, 9.17) is 4.74 Å². The molecule has 0 bridgehead atoms. The van der Waals surface area contributed by atoms with Gasteiger partial charge in [0, 0.05) is 25.0 Å². The van der Waals surface area contributed by atoms with Gasteiger partial charge in [-0.3, -0.25) is 10.1 Å². The monoisotopic (exact) mass is 433 g/mol. The molecule has 2 saturated carbocycles. The Kier molecular flexibility index (Phi) is 5.93. The van der Waals surface area contributed by atoms with Gasteiger partial charge in [-0.15, -0.1) is 5.10 Å². The summed E-state index contributed by atoms with van der Waals surface area (Å²) >= 11 is 0. The third-order valence-electron chi connectivity index (χ3n) is 6.67. The van der Waals surface area contributed by atoms with Crippen LogP contribution in [0.2, 0.25) is 0 Å². The zero-order chi connectivity index (χ0) is 22.2. The highest BCUT2D eigenvalue weighted by molar-refractivity contribution is 5.78. The number of ether oxygens (including phenoxy) is 1. The maximum atomic E-state index is 12.7. The molecule has 0 radical (unpaired) electrons. The summed E-state index contributed by atoms with van der Waals surface area (Å²) in [6, 6.07) is 0.132. The number of aromatic nitrogens is 4. The van der Waals surface area contributed by atoms with Crippen molar-refractivity contribution in [3.05, 3.63) is 5.82 Å². The second-order valence-corrected chi connectivity index (χ2v) is 10.2. The molecule has 1 aromatic rings. The van der Waals surface area contributed by atoms with E-state index in [9.17, 15) is 9.59 Å². The first kappa shape index (κ1) is 22.0. The maximum Gasteiger partial charge on any atom is 0.410 e. The van der Waals surface area contributed by atoms with E-state index in [0.29, 0.717) is 31.6 Å². The third kappa shape index (κ3) is 4.53. The molecule has 1 saturated heterocycles. The highest BCUT2D eigenvalue weighted by atomic mass is 16.6. The van der Waals surface area contributed by atoms with Gasteiger partial charge in [-0.2, -0.15) is 0 Å². The van der Waals surface area contributed by atoms with E-state index in [2.05, 4.69) is 26.2 Å². The van der Waals surface area contributed by atoms with E-state index in [1.165, 1.54) is 6.42 Å². The van der Waals surface area contributed by atoms with Crippen LogP contribution in [-0.4, -0.2) is 68.9 Å². The summed E-state index contributed by atoms with van der Waals surface area (Å²) in [6.07, 6.45) is 4.92. The topological polar surface area (TPSA) is 114 Å². The van der Waals surface area contributed by atoms with Crippen LogP contribution in [0.25, 0.3) is 0 Å². The van der Waals surface area contributed by atoms with E-state index in [0.717, 1.165) is 31.5 Å². The summed E-state index contributed by atoms with van der Waals surface area (Å²) < 4.78 is 7.53. The second-order valence-electron chi connectivity index (χ2n) is 10.2. The number of tetrazole rings is 1. The molecule has 0 spiro atoms. The number of nitrogens with one attached hydrogen (secondary N) is 2. The Hall–Kier alpha value is -2.23. The molecule has 3 unspecified atom stereocenters. The van der Waals surface area contributed by atoms with Crippen molar-refractivity contribution < 1.29 is 14.3 Å². The first-order chi connectivity index (χ1) is 14.7. The highest BCUT2D eigenvalue weighted by Gasteiger charge is 2.66. The number of carbonyl (C=O) groups is 2. The predicted molar refractivity (Wildman–Crippen MR) is 113 cm³/mol. The van der Waals surface area contributed by atoms with Crippen LogP contribution in [0.3, 0.4) is 0 Å². The number of carbonyl (C=O) groups excluding carboxylic acids is 2. The van der Waals surface area contributed by atoms with Crippen molar-refractivity contribution in [2.75, 3.05) is 26.2 Å². The molecule has 1 aromatic heterocycles. The first-order valence-corrected chi connectivity index (χ1v) is 11.5. The Morgan fingerprint density at radius 2 is 2.10 bits per heavy atom. The van der Waals surface area contributed by atoms with Gasteiger partial charge in [0.1, 0.15) is 5.60 Å². The smallest absolute Gasteiger partial charge is 0.410 e. The fourth-order valence-electron chi connectivity index (χ4n) is 4.79. The lowest BCUT2D eigenvalue weighted by molar-refractivity contribution is -0.120. The number of piperidine rings is 1. The molecule has 10 nitrogen and oxygen atoms in total. The number of rotatable bonds is 8. The maximum absolute atomic E-state index is 12.7. The van der Waals surface area contributed by atoms with Crippen LogP contribution >= 0.6 is 0 Å². The molecule has 2 aliphatic carbocycles. The molecule has 10 heteroatoms. The average molecular weight is 434 g/mol. The number of hydrogen-bond acceptors (Lipinski definition) is 7. The fourth-order valence-corrected chi connectivity index (χ4v) is 4.79. The molecular weight excluding hydrogens is 398 g/mol. The number of amides is 2. The van der Waals surface area contributed by atoms with Crippen molar-refractivity contribution in [2.24, 2.45) is 11.3 Å². The lowest BCUT2D eigenvalue weighted by Crippen LogP contribution is -2.43. The van der Waals surface area contributed by atoms with Crippen molar-refractivity contribution in [2.45, 2.75) is 77.5 Å². The normalized spacial score (nSPS) is 26.2. The van der Waals surface area contributed by atoms with E-state index in [-0.39, 0.29) is 30.0 Å². The minimum Gasteiger partial charge on any atom is -0.444 e. The standard InChI is InChI=1S/C21H35N7O3/c1-5-9-22-16(29)11-23-17(18-24-25-26-28(18)15-7-6-8-15)21-10-14(21)12-27(13-21)19(30)31-20(2,3)4/h14-15,17,23H,5-13H2,1-4H3,(H,22,29). The lowest BCUT2D eigenvalue weighted by Gasteiger charge is -2.32. The SMILES string of the molecule is CCCNC(=O)CNC(c1nnnn1C1CCC1)C12CC1CN(C(=O)OC(C)(C)C)C2. The molecule has 2 N–H and O–H groups in total. The zero-order valence-corrected chi connectivity index (χ0v) is 19.1. The van der Waals surface area contributed by atoms with Crippen molar-refractivity contribution in [3.8, 4) is 0 Å². The van der Waals surface area contributed by atoms with Crippen LogP contribution in [0, 0.1) is 11.3 Å². The van der Waals surface area contributed by atoms with Gasteiger partial charge in [0.15, 0.2) is 5.82 Å². The van der Waals surface area contributed by atoms with E-state index in [1.54, 1.807) is 4.90 Å². The van der Waals surface area contributed by atoms with Gasteiger partial charge in [-0.05, 0) is 69.2 Å². The molecule has 3 atom stereocenters. The van der Waals surface area contributed by atoms with Crippen LogP contribution < -0.4 is 10.6 Å². The van der Waals surface area contributed by atoms with Gasteiger partial charge in [0.05, 0.1) is 18.6 Å². The minimum absolute atomic E-state index is 0.0369. The summed E-state index contributed by atoms with van der Waals surface area (Å²) in [5.74, 6) is 1.09. The molecule has 1 aliphatic heterocycles. The number of fused-ring (bicyclic) bond motifs is 1. The zero-order valence-electron chi connectivity index (χ0n) is 19.1. The van der Waals surface area contributed by atoms with Crippen LogP contribution in [0.4, 0.5) is 4.79 Å². The molecule has 4 rings (SSSR count). The molecule has 3 aliphatic rings. The van der Waals surface area contributed by atoms with Crippen LogP contribution in [0.15, 0.2) is 0 Å². The Labute approximate surface area is 183 Å². The third-order valence-corrected chi connectivity index (χ3v) is 6.67. The summed E-state index contributed by atoms with van der Waals surface area (Å²) in [6.45, 7) is 9.77. The second kappa shape index (κ2) is 8.37. The van der Waals surface area contributed by atoms with Gasteiger partial charge in [0.25, 0.3) is 0 Å². The first-order valence-electron chi connectivity index (χ1n) is 11.5. The van der Waals surface area contributed by atoms with Crippen LogP contribution in [0.5, 0.6) is 0 Å². The Balaban J connectivity index is 1.52. The fraction of sp³-hybridized carbons (Fsp3) is 0.857. The van der Waals surface area contributed by atoms with Gasteiger partial charge in [0.2, 0.25) is 5.91 Å². The van der Waals surface area contributed by atoms with Gasteiger partial charge >= 0.3 is 6.09 Å². The summed E-state index contributed by atoms with van der Waals surface area (Å²) in [5, 5.41) is 19.0. The number of likely N-dealkylation sites (tertiary alicyclic amines) is 1. The molecule has 2 amide bonds. The van der Waals surface area contributed by atoms with E-state index in [1.807, 2.05) is 32.4 Å². The number of hydrogen-bond donors (Lipinski definition) is 2. The molecule has 0 aromatic carbocycles. The minimum atomic E-state index is -0.527. The molecule has 3 fully saturated rings. The quantitative estimate of drug-likeness (QED) is 0.643. The van der Waals surface area contributed by atoms with Gasteiger partial charge in [-0.25, -0.2) is 9.48 Å². The van der Waals surface area contributed by atoms with Crippen LogP contribution in [-0.2, 0) is 9.53 Å². The van der Waals surface area contributed by atoms with Crippen molar-refractivity contribution in [3.63, 3.8) is 0 Å². The Morgan fingerprint density at radius 3 is 2.74 bits per heavy atom. The summed E-state index contributed by atoms with van der Waals surface area (Å²) in [4.78, 5) is 26.8. The summed E-state index contributed by atoms with van der Waals surface area (Å²) in [5.41, 5.74) is -0.696. The average Bonchev–Trinajstić information content (AvgIpc) is 2.99. The Morgan fingerprint density at radius 1 is 1.32 bits per heavy atom.